The summed E-state index contributed by atoms with van der Waals surface area (Å²) < 4.78 is 5.43. The van der Waals surface area contributed by atoms with Crippen LogP contribution >= 0.6 is 0 Å². The molecule has 1 fully saturated rings. The fourth-order valence-corrected chi connectivity index (χ4v) is 2.72. The average molecular weight is 258 g/mol. The van der Waals surface area contributed by atoms with Crippen molar-refractivity contribution in [1.29, 1.82) is 0 Å². The number of hydrogen-bond donors (Lipinski definition) is 0. The lowest BCUT2D eigenvalue weighted by atomic mass is 10.2. The van der Waals surface area contributed by atoms with Gasteiger partial charge in [0.15, 0.2) is 0 Å². The van der Waals surface area contributed by atoms with Crippen molar-refractivity contribution < 1.29 is 9.53 Å². The Balaban J connectivity index is 1.59. The first-order valence-electron chi connectivity index (χ1n) is 6.85. The van der Waals surface area contributed by atoms with E-state index in [0.717, 1.165) is 43.8 Å². The topological polar surface area (TPSA) is 41.9 Å². The number of amidine groups is 1. The van der Waals surface area contributed by atoms with E-state index in [2.05, 4.69) is 9.89 Å². The van der Waals surface area contributed by atoms with Crippen molar-refractivity contribution >= 4 is 11.8 Å². The van der Waals surface area contributed by atoms with Crippen LogP contribution in [0.15, 0.2) is 35.3 Å². The number of nitrogens with zero attached hydrogens (tertiary/aromatic N) is 2. The predicted octanol–water partition coefficient (Wildman–Crippen LogP) is 2.00. The van der Waals surface area contributed by atoms with Crippen LogP contribution in [0.25, 0.3) is 0 Å². The van der Waals surface area contributed by atoms with Gasteiger partial charge < -0.3 is 9.64 Å². The molecule has 4 nitrogen and oxygen atoms in total. The third-order valence-electron chi connectivity index (χ3n) is 3.70. The van der Waals surface area contributed by atoms with Crippen LogP contribution in [0.2, 0.25) is 0 Å². The van der Waals surface area contributed by atoms with Crippen molar-refractivity contribution in [3.8, 4) is 0 Å². The molecule has 0 N–H and O–H groups in total. The Labute approximate surface area is 113 Å². The number of carbonyl (C=O) groups is 1. The van der Waals surface area contributed by atoms with Gasteiger partial charge >= 0.3 is 5.97 Å². The second-order valence-corrected chi connectivity index (χ2v) is 4.99. The number of ether oxygens (including phenoxy) is 1. The maximum absolute atomic E-state index is 12.2. The van der Waals surface area contributed by atoms with E-state index >= 15 is 0 Å². The number of fused-ring (bicyclic) bond motifs is 1. The van der Waals surface area contributed by atoms with Crippen molar-refractivity contribution in [2.75, 3.05) is 13.1 Å². The Morgan fingerprint density at radius 1 is 1.37 bits per heavy atom. The smallest absolute Gasteiger partial charge is 0.329 e. The molecule has 4 heteroatoms. The zero-order valence-corrected chi connectivity index (χ0v) is 10.9. The normalized spacial score (nSPS) is 21.8. The standard InChI is InChI=1S/C15H18N2O2/c18-15(19-11-12-5-2-1-3-6-12)13-7-8-14-16-9-4-10-17(13)14/h1-3,5-6,13H,4,7-11H2. The van der Waals surface area contributed by atoms with E-state index in [4.69, 9.17) is 4.74 Å². The molecule has 100 valence electrons. The molecule has 0 saturated carbocycles. The molecule has 1 unspecified atom stereocenters. The van der Waals surface area contributed by atoms with Gasteiger partial charge in [0.1, 0.15) is 12.6 Å². The van der Waals surface area contributed by atoms with Gasteiger partial charge in [-0.3, -0.25) is 4.99 Å². The van der Waals surface area contributed by atoms with Gasteiger partial charge in [-0.2, -0.15) is 0 Å². The summed E-state index contributed by atoms with van der Waals surface area (Å²) in [7, 11) is 0. The summed E-state index contributed by atoms with van der Waals surface area (Å²) in [5, 5.41) is 0. The van der Waals surface area contributed by atoms with Crippen LogP contribution in [0.3, 0.4) is 0 Å². The summed E-state index contributed by atoms with van der Waals surface area (Å²) in [5.74, 6) is 0.976. The Morgan fingerprint density at radius 3 is 3.05 bits per heavy atom. The fourth-order valence-electron chi connectivity index (χ4n) is 2.72. The molecule has 1 saturated heterocycles. The quantitative estimate of drug-likeness (QED) is 0.779. The molecule has 0 amide bonds. The van der Waals surface area contributed by atoms with E-state index in [9.17, 15) is 4.79 Å². The summed E-state index contributed by atoms with van der Waals surface area (Å²) in [6, 6.07) is 9.68. The lowest BCUT2D eigenvalue weighted by Gasteiger charge is -2.28. The van der Waals surface area contributed by atoms with Gasteiger partial charge in [0.05, 0.1) is 5.84 Å². The van der Waals surface area contributed by atoms with Crippen LogP contribution in [0, 0.1) is 0 Å². The monoisotopic (exact) mass is 258 g/mol. The van der Waals surface area contributed by atoms with Gasteiger partial charge in [-0.1, -0.05) is 30.3 Å². The van der Waals surface area contributed by atoms with E-state index in [-0.39, 0.29) is 12.0 Å². The van der Waals surface area contributed by atoms with E-state index in [1.54, 1.807) is 0 Å². The van der Waals surface area contributed by atoms with Crippen LogP contribution < -0.4 is 0 Å². The van der Waals surface area contributed by atoms with E-state index in [0.29, 0.717) is 6.61 Å². The zero-order valence-electron chi connectivity index (χ0n) is 10.9. The number of aliphatic imine (C=N–C) groups is 1. The minimum absolute atomic E-state index is 0.115. The highest BCUT2D eigenvalue weighted by Gasteiger charge is 2.36. The fraction of sp³-hybridized carbons (Fsp3) is 0.467. The molecule has 0 radical (unpaired) electrons. The third-order valence-corrected chi connectivity index (χ3v) is 3.70. The molecule has 0 bridgehead atoms. The van der Waals surface area contributed by atoms with Crippen LogP contribution in [0.1, 0.15) is 24.8 Å². The van der Waals surface area contributed by atoms with Crippen molar-refractivity contribution in [3.63, 3.8) is 0 Å². The summed E-state index contributed by atoms with van der Waals surface area (Å²) in [6.45, 7) is 2.19. The number of benzene rings is 1. The molecule has 2 aliphatic rings. The lowest BCUT2D eigenvalue weighted by Crippen LogP contribution is -2.42. The molecule has 1 atom stereocenters. The average Bonchev–Trinajstić information content (AvgIpc) is 2.90. The van der Waals surface area contributed by atoms with Gasteiger partial charge in [-0.25, -0.2) is 4.79 Å². The maximum Gasteiger partial charge on any atom is 0.329 e. The number of hydrogen-bond acceptors (Lipinski definition) is 4. The molecule has 1 aromatic carbocycles. The Morgan fingerprint density at radius 2 is 2.21 bits per heavy atom. The van der Waals surface area contributed by atoms with Crippen LogP contribution in [-0.2, 0) is 16.1 Å². The first-order chi connectivity index (χ1) is 9.34. The predicted molar refractivity (Wildman–Crippen MR) is 72.9 cm³/mol. The van der Waals surface area contributed by atoms with Gasteiger partial charge in [-0.05, 0) is 18.4 Å². The second-order valence-electron chi connectivity index (χ2n) is 4.99. The molecular formula is C15H18N2O2. The third kappa shape index (κ3) is 2.62. The van der Waals surface area contributed by atoms with Gasteiger partial charge in [0.2, 0.25) is 0 Å². The highest BCUT2D eigenvalue weighted by atomic mass is 16.5. The second kappa shape index (κ2) is 5.43. The molecule has 2 heterocycles. The lowest BCUT2D eigenvalue weighted by molar-refractivity contribution is -0.149. The minimum Gasteiger partial charge on any atom is -0.459 e. The Hall–Kier alpha value is -1.84. The highest BCUT2D eigenvalue weighted by Crippen LogP contribution is 2.24. The summed E-state index contributed by atoms with van der Waals surface area (Å²) >= 11 is 0. The molecule has 0 aliphatic carbocycles. The van der Waals surface area contributed by atoms with Crippen LogP contribution in [0.5, 0.6) is 0 Å². The van der Waals surface area contributed by atoms with Crippen molar-refractivity contribution in [2.24, 2.45) is 4.99 Å². The molecule has 0 spiro atoms. The van der Waals surface area contributed by atoms with Crippen molar-refractivity contribution in [2.45, 2.75) is 31.9 Å². The van der Waals surface area contributed by atoms with Crippen molar-refractivity contribution in [1.82, 2.24) is 4.90 Å². The van der Waals surface area contributed by atoms with E-state index < -0.39 is 0 Å². The SMILES string of the molecule is O=C(OCc1ccccc1)C1CCC2=NCCCN21. The van der Waals surface area contributed by atoms with Gasteiger partial charge in [0, 0.05) is 19.5 Å². The number of rotatable bonds is 3. The Bertz CT molecular complexity index is 484. The first-order valence-corrected chi connectivity index (χ1v) is 6.85. The van der Waals surface area contributed by atoms with Crippen LogP contribution in [-0.4, -0.2) is 35.8 Å². The largest absolute Gasteiger partial charge is 0.459 e. The van der Waals surface area contributed by atoms with Crippen molar-refractivity contribution in [3.05, 3.63) is 35.9 Å². The molecule has 19 heavy (non-hydrogen) atoms. The number of carbonyl (C=O) groups excluding carboxylic acids is 1. The highest BCUT2D eigenvalue weighted by molar-refractivity contribution is 5.91. The van der Waals surface area contributed by atoms with Gasteiger partial charge in [0.25, 0.3) is 0 Å². The van der Waals surface area contributed by atoms with Gasteiger partial charge in [-0.15, -0.1) is 0 Å². The zero-order chi connectivity index (χ0) is 13.1. The summed E-state index contributed by atoms with van der Waals surface area (Å²) in [5.41, 5.74) is 1.03. The van der Waals surface area contributed by atoms with E-state index in [1.165, 1.54) is 0 Å². The molecule has 0 aromatic heterocycles. The first kappa shape index (κ1) is 12.2. The Kier molecular flexibility index (Phi) is 3.49. The number of esters is 1. The maximum atomic E-state index is 12.2. The molecule has 1 aromatic rings. The molecule has 2 aliphatic heterocycles. The summed E-state index contributed by atoms with van der Waals surface area (Å²) in [6.07, 6.45) is 2.78. The minimum atomic E-state index is -0.122. The molecular weight excluding hydrogens is 240 g/mol. The summed E-state index contributed by atoms with van der Waals surface area (Å²) in [4.78, 5) is 18.8. The van der Waals surface area contributed by atoms with E-state index in [1.807, 2.05) is 30.3 Å². The molecule has 3 rings (SSSR count). The van der Waals surface area contributed by atoms with Crippen LogP contribution in [0.4, 0.5) is 0 Å².